The van der Waals surface area contributed by atoms with Crippen molar-refractivity contribution in [1.82, 2.24) is 14.4 Å². The number of aromatic nitrogens is 1. The minimum absolute atomic E-state index is 0.0118. The molecule has 1 aliphatic carbocycles. The van der Waals surface area contributed by atoms with Gasteiger partial charge in [0, 0.05) is 31.9 Å². The normalized spacial score (nSPS) is 28.6. The van der Waals surface area contributed by atoms with Crippen LogP contribution in [0.2, 0.25) is 0 Å². The van der Waals surface area contributed by atoms with Crippen molar-refractivity contribution in [1.29, 1.82) is 0 Å². The molecule has 3 aliphatic rings. The number of rotatable bonds is 3. The van der Waals surface area contributed by atoms with Gasteiger partial charge in [-0.25, -0.2) is 4.79 Å². The molecule has 140 valence electrons. The summed E-state index contributed by atoms with van der Waals surface area (Å²) in [5.41, 5.74) is -0.120. The van der Waals surface area contributed by atoms with Crippen molar-refractivity contribution in [3.8, 4) is 5.75 Å². The highest BCUT2D eigenvalue weighted by Crippen LogP contribution is 2.34. The molecule has 8 heteroatoms. The third-order valence-electron chi connectivity index (χ3n) is 5.67. The molecule has 3 amide bonds. The van der Waals surface area contributed by atoms with E-state index >= 15 is 0 Å². The number of urea groups is 1. The van der Waals surface area contributed by atoms with Crippen LogP contribution in [0.4, 0.5) is 4.79 Å². The molecule has 1 saturated carbocycles. The molecular formula is C18H22BrN3O4. The Labute approximate surface area is 160 Å². The van der Waals surface area contributed by atoms with Crippen molar-refractivity contribution in [2.24, 2.45) is 7.05 Å². The van der Waals surface area contributed by atoms with E-state index in [0.29, 0.717) is 12.3 Å². The number of carbonyl (C=O) groups excluding carboxylic acids is 2. The zero-order valence-corrected chi connectivity index (χ0v) is 16.3. The number of hydrogen-bond acceptors (Lipinski definition) is 4. The zero-order chi connectivity index (χ0) is 18.4. The van der Waals surface area contributed by atoms with Gasteiger partial charge < -0.3 is 14.2 Å². The van der Waals surface area contributed by atoms with Crippen LogP contribution in [0.3, 0.4) is 0 Å². The number of imide groups is 1. The number of nitrogens with zero attached hydrogens (tertiary/aromatic N) is 3. The number of amides is 3. The molecule has 2 saturated heterocycles. The first-order valence-corrected chi connectivity index (χ1v) is 9.91. The van der Waals surface area contributed by atoms with Gasteiger partial charge >= 0.3 is 6.03 Å². The number of halogens is 1. The molecule has 1 aromatic heterocycles. The van der Waals surface area contributed by atoms with E-state index in [0.717, 1.165) is 43.0 Å². The number of fused-ring (bicyclic) bond motifs is 1. The number of aryl methyl sites for hydroxylation is 1. The molecule has 0 unspecified atom stereocenters. The Morgan fingerprint density at radius 1 is 1.12 bits per heavy atom. The van der Waals surface area contributed by atoms with E-state index in [1.54, 1.807) is 18.1 Å². The van der Waals surface area contributed by atoms with E-state index in [1.165, 1.54) is 15.5 Å². The van der Waals surface area contributed by atoms with Gasteiger partial charge in [-0.2, -0.15) is 0 Å². The Hall–Kier alpha value is -1.83. The van der Waals surface area contributed by atoms with Gasteiger partial charge in [-0.3, -0.25) is 14.5 Å². The highest BCUT2D eigenvalue weighted by atomic mass is 79.9. The second kappa shape index (κ2) is 6.72. The molecular weight excluding hydrogens is 402 g/mol. The molecule has 0 N–H and O–H groups in total. The van der Waals surface area contributed by atoms with Crippen LogP contribution in [-0.2, 0) is 11.8 Å². The van der Waals surface area contributed by atoms with Crippen molar-refractivity contribution in [3.05, 3.63) is 27.1 Å². The van der Waals surface area contributed by atoms with E-state index in [4.69, 9.17) is 4.74 Å². The Balaban J connectivity index is 1.39. The van der Waals surface area contributed by atoms with Crippen LogP contribution in [0, 0.1) is 0 Å². The van der Waals surface area contributed by atoms with E-state index in [-0.39, 0.29) is 35.7 Å². The van der Waals surface area contributed by atoms with E-state index in [9.17, 15) is 14.4 Å². The second-order valence-corrected chi connectivity index (χ2v) is 8.18. The topological polar surface area (TPSA) is 71.8 Å². The van der Waals surface area contributed by atoms with Crippen LogP contribution >= 0.6 is 15.9 Å². The lowest BCUT2D eigenvalue weighted by molar-refractivity contribution is -0.130. The summed E-state index contributed by atoms with van der Waals surface area (Å²) in [6, 6.07) is 1.11. The average molecular weight is 424 g/mol. The molecule has 0 radical (unpaired) electrons. The third-order valence-corrected chi connectivity index (χ3v) is 6.27. The summed E-state index contributed by atoms with van der Waals surface area (Å²) in [5.74, 6) is 0.525. The fourth-order valence-electron chi connectivity index (χ4n) is 4.25. The molecule has 26 heavy (non-hydrogen) atoms. The van der Waals surface area contributed by atoms with E-state index in [2.05, 4.69) is 15.9 Å². The van der Waals surface area contributed by atoms with Gasteiger partial charge in [0.1, 0.15) is 11.8 Å². The van der Waals surface area contributed by atoms with Gasteiger partial charge in [0.25, 0.3) is 11.5 Å². The number of carbonyl (C=O) groups is 2. The van der Waals surface area contributed by atoms with Crippen molar-refractivity contribution in [2.75, 3.05) is 6.54 Å². The minimum atomic E-state index is -0.229. The minimum Gasteiger partial charge on any atom is -0.489 e. The lowest BCUT2D eigenvalue weighted by Crippen LogP contribution is -2.44. The Kier molecular flexibility index (Phi) is 4.54. The molecule has 1 aromatic rings. The van der Waals surface area contributed by atoms with Crippen LogP contribution in [0.25, 0.3) is 0 Å². The maximum atomic E-state index is 12.6. The van der Waals surface area contributed by atoms with Gasteiger partial charge in [-0.15, -0.1) is 0 Å². The molecule has 0 spiro atoms. The maximum Gasteiger partial charge on any atom is 0.327 e. The Morgan fingerprint density at radius 2 is 1.85 bits per heavy atom. The van der Waals surface area contributed by atoms with Crippen molar-refractivity contribution in [2.45, 2.75) is 56.7 Å². The largest absolute Gasteiger partial charge is 0.489 e. The van der Waals surface area contributed by atoms with Crippen LogP contribution in [0.1, 0.15) is 38.5 Å². The molecule has 3 fully saturated rings. The van der Waals surface area contributed by atoms with Gasteiger partial charge in [0.2, 0.25) is 0 Å². The molecule has 0 bridgehead atoms. The van der Waals surface area contributed by atoms with Gasteiger partial charge in [0.05, 0.1) is 10.6 Å². The van der Waals surface area contributed by atoms with E-state index in [1.807, 2.05) is 0 Å². The monoisotopic (exact) mass is 423 g/mol. The van der Waals surface area contributed by atoms with Crippen molar-refractivity contribution in [3.63, 3.8) is 0 Å². The summed E-state index contributed by atoms with van der Waals surface area (Å²) in [5, 5.41) is 0. The predicted octanol–water partition coefficient (Wildman–Crippen LogP) is 2.26. The molecule has 7 nitrogen and oxygen atoms in total. The van der Waals surface area contributed by atoms with Crippen molar-refractivity contribution >= 4 is 27.9 Å². The van der Waals surface area contributed by atoms with Crippen LogP contribution in [0.15, 0.2) is 21.5 Å². The Morgan fingerprint density at radius 3 is 2.54 bits per heavy atom. The first-order valence-electron chi connectivity index (χ1n) is 9.12. The highest BCUT2D eigenvalue weighted by Gasteiger charge is 2.50. The molecule has 0 aromatic carbocycles. The quantitative estimate of drug-likeness (QED) is 0.698. The van der Waals surface area contributed by atoms with Crippen LogP contribution in [0.5, 0.6) is 5.75 Å². The fraction of sp³-hybridized carbons (Fsp3) is 0.611. The van der Waals surface area contributed by atoms with Gasteiger partial charge in [0.15, 0.2) is 0 Å². The van der Waals surface area contributed by atoms with Crippen molar-refractivity contribution < 1.29 is 14.3 Å². The van der Waals surface area contributed by atoms with Gasteiger partial charge in [-0.05, 0) is 54.5 Å². The summed E-state index contributed by atoms with van der Waals surface area (Å²) in [4.78, 5) is 40.1. The fourth-order valence-corrected chi connectivity index (χ4v) is 4.77. The average Bonchev–Trinajstić information content (AvgIpc) is 3.18. The summed E-state index contributed by atoms with van der Waals surface area (Å²) >= 11 is 3.43. The maximum absolute atomic E-state index is 12.6. The van der Waals surface area contributed by atoms with Crippen LogP contribution in [-0.4, -0.2) is 51.0 Å². The molecule has 4 rings (SSSR count). The number of pyridine rings is 1. The lowest BCUT2D eigenvalue weighted by atomic mass is 9.91. The van der Waals surface area contributed by atoms with Crippen LogP contribution < -0.4 is 10.3 Å². The molecule has 2 aliphatic heterocycles. The first-order chi connectivity index (χ1) is 12.5. The van der Waals surface area contributed by atoms with E-state index < -0.39 is 0 Å². The Bertz CT molecular complexity index is 778. The summed E-state index contributed by atoms with van der Waals surface area (Å²) in [7, 11) is 1.69. The summed E-state index contributed by atoms with van der Waals surface area (Å²) in [6.45, 7) is 0.696. The molecule has 3 heterocycles. The highest BCUT2D eigenvalue weighted by molar-refractivity contribution is 9.10. The lowest BCUT2D eigenvalue weighted by Gasteiger charge is -2.33. The third kappa shape index (κ3) is 2.94. The first kappa shape index (κ1) is 17.6. The zero-order valence-electron chi connectivity index (χ0n) is 14.7. The number of ether oxygens (including phenoxy) is 1. The summed E-state index contributed by atoms with van der Waals surface area (Å²) < 4.78 is 8.24. The van der Waals surface area contributed by atoms with Gasteiger partial charge in [-0.1, -0.05) is 0 Å². The smallest absolute Gasteiger partial charge is 0.327 e. The predicted molar refractivity (Wildman–Crippen MR) is 98.0 cm³/mol. The number of hydrogen-bond donors (Lipinski definition) is 0. The molecule has 1 atom stereocenters. The standard InChI is InChI=1S/C18H22BrN3O4/c1-20-10-13(19)15(9-16(20)23)26-12-6-4-11(5-7-12)22-17(24)14-3-2-8-21(14)18(22)25/h9-12,14H,2-8H2,1H3/t11?,12?,14-/m0/s1. The summed E-state index contributed by atoms with van der Waals surface area (Å²) in [6.07, 6.45) is 6.39. The second-order valence-electron chi connectivity index (χ2n) is 7.33. The SMILES string of the molecule is Cn1cc(Br)c(OC2CCC(N3C(=O)[C@@H]4CCCN4C3=O)CC2)cc1=O.